The van der Waals surface area contributed by atoms with E-state index < -0.39 is 0 Å². The van der Waals surface area contributed by atoms with Gasteiger partial charge in [0.2, 0.25) is 0 Å². The molecule has 0 atom stereocenters. The van der Waals surface area contributed by atoms with Gasteiger partial charge in [-0.3, -0.25) is 0 Å². The molecule has 2 rings (SSSR count). The highest BCUT2D eigenvalue weighted by atomic mass is 32.1. The van der Waals surface area contributed by atoms with Crippen molar-refractivity contribution in [1.29, 1.82) is 0 Å². The molecular weight excluding hydrogens is 244 g/mol. The summed E-state index contributed by atoms with van der Waals surface area (Å²) in [6.45, 7) is 4.45. The molecule has 0 radical (unpaired) electrons. The smallest absolute Gasteiger partial charge is 0.127 e. The van der Waals surface area contributed by atoms with Crippen LogP contribution in [0.5, 0.6) is 5.75 Å². The molecule has 0 saturated carbocycles. The van der Waals surface area contributed by atoms with Gasteiger partial charge < -0.3 is 9.84 Å². The van der Waals surface area contributed by atoms with Gasteiger partial charge in [-0.15, -0.1) is 11.3 Å². The minimum Gasteiger partial charge on any atom is -0.496 e. The largest absolute Gasteiger partial charge is 0.496 e. The van der Waals surface area contributed by atoms with E-state index in [4.69, 9.17) is 9.84 Å². The summed E-state index contributed by atoms with van der Waals surface area (Å²) in [5.74, 6) is 1.37. The summed E-state index contributed by atoms with van der Waals surface area (Å²) < 4.78 is 5.42. The second-order valence-corrected chi connectivity index (χ2v) is 5.71. The summed E-state index contributed by atoms with van der Waals surface area (Å²) in [7, 11) is 1.69. The normalized spacial score (nSPS) is 10.9. The van der Waals surface area contributed by atoms with Gasteiger partial charge in [0.15, 0.2) is 0 Å². The van der Waals surface area contributed by atoms with Gasteiger partial charge in [0.05, 0.1) is 13.7 Å². The topological polar surface area (TPSA) is 29.5 Å². The van der Waals surface area contributed by atoms with Crippen LogP contribution in [0.15, 0.2) is 30.3 Å². The van der Waals surface area contributed by atoms with Gasteiger partial charge in [-0.25, -0.2) is 0 Å². The van der Waals surface area contributed by atoms with E-state index in [9.17, 15) is 0 Å². The first-order chi connectivity index (χ1) is 8.65. The highest BCUT2D eigenvalue weighted by Crippen LogP contribution is 2.36. The lowest BCUT2D eigenvalue weighted by Crippen LogP contribution is -1.91. The van der Waals surface area contributed by atoms with Crippen LogP contribution < -0.4 is 4.74 Å². The van der Waals surface area contributed by atoms with Gasteiger partial charge in [0.1, 0.15) is 5.75 Å². The lowest BCUT2D eigenvalue weighted by Gasteiger charge is -2.11. The number of thiophene rings is 1. The predicted molar refractivity (Wildman–Crippen MR) is 76.3 cm³/mol. The lowest BCUT2D eigenvalue weighted by atomic mass is 9.99. The van der Waals surface area contributed by atoms with Crippen LogP contribution >= 0.6 is 11.3 Å². The third-order valence-corrected chi connectivity index (χ3v) is 4.08. The summed E-state index contributed by atoms with van der Waals surface area (Å²) >= 11 is 1.61. The van der Waals surface area contributed by atoms with E-state index in [-0.39, 0.29) is 6.61 Å². The number of rotatable bonds is 4. The Morgan fingerprint density at radius 1 is 1.22 bits per heavy atom. The Bertz CT molecular complexity index is 529. The molecule has 0 bridgehead atoms. The van der Waals surface area contributed by atoms with Crippen molar-refractivity contribution in [2.45, 2.75) is 26.4 Å². The maximum absolute atomic E-state index is 9.15. The van der Waals surface area contributed by atoms with E-state index in [1.807, 2.05) is 18.2 Å². The Labute approximate surface area is 112 Å². The molecule has 1 aromatic carbocycles. The summed E-state index contributed by atoms with van der Waals surface area (Å²) in [4.78, 5) is 2.11. The van der Waals surface area contributed by atoms with Crippen LogP contribution in [0.1, 0.15) is 30.2 Å². The number of ether oxygens (including phenoxy) is 1. The van der Waals surface area contributed by atoms with Crippen molar-refractivity contribution >= 4 is 11.3 Å². The van der Waals surface area contributed by atoms with Crippen LogP contribution in [0.3, 0.4) is 0 Å². The molecule has 2 aromatic rings. The summed E-state index contributed by atoms with van der Waals surface area (Å²) in [5, 5.41) is 9.15. The Hall–Kier alpha value is -1.32. The fraction of sp³-hybridized carbons (Fsp3) is 0.333. The van der Waals surface area contributed by atoms with E-state index in [2.05, 4.69) is 26.0 Å². The van der Waals surface area contributed by atoms with E-state index >= 15 is 0 Å². The van der Waals surface area contributed by atoms with E-state index in [0.29, 0.717) is 5.92 Å². The Balaban J connectivity index is 2.49. The quantitative estimate of drug-likeness (QED) is 0.901. The van der Waals surface area contributed by atoms with Gasteiger partial charge in [0.25, 0.3) is 0 Å². The number of methoxy groups -OCH3 is 1. The summed E-state index contributed by atoms with van der Waals surface area (Å²) in [6, 6.07) is 10.3. The van der Waals surface area contributed by atoms with Gasteiger partial charge in [-0.05, 0) is 35.7 Å². The van der Waals surface area contributed by atoms with E-state index in [1.54, 1.807) is 18.4 Å². The molecule has 0 fully saturated rings. The Morgan fingerprint density at radius 2 is 2.00 bits per heavy atom. The molecule has 0 spiro atoms. The molecule has 96 valence electrons. The maximum atomic E-state index is 9.15. The molecule has 3 heteroatoms. The minimum absolute atomic E-state index is 0.0941. The Morgan fingerprint density at radius 3 is 2.56 bits per heavy atom. The maximum Gasteiger partial charge on any atom is 0.127 e. The molecule has 1 N–H and O–H groups in total. The van der Waals surface area contributed by atoms with Gasteiger partial charge in [0, 0.05) is 15.3 Å². The number of aliphatic hydroxyl groups excluding tert-OH is 1. The molecule has 0 unspecified atom stereocenters. The fourth-order valence-corrected chi connectivity index (χ4v) is 2.77. The average molecular weight is 262 g/mol. The van der Waals surface area contributed by atoms with Gasteiger partial charge >= 0.3 is 0 Å². The number of hydrogen-bond donors (Lipinski definition) is 1. The fourth-order valence-electron chi connectivity index (χ4n) is 1.88. The van der Waals surface area contributed by atoms with Crippen molar-refractivity contribution in [3.63, 3.8) is 0 Å². The monoisotopic (exact) mass is 262 g/mol. The van der Waals surface area contributed by atoms with Crippen LogP contribution in [0.4, 0.5) is 0 Å². The summed E-state index contributed by atoms with van der Waals surface area (Å²) in [6.07, 6.45) is 0. The zero-order valence-corrected chi connectivity index (χ0v) is 11.8. The zero-order chi connectivity index (χ0) is 13.1. The van der Waals surface area contributed by atoms with Crippen LogP contribution in [0.2, 0.25) is 0 Å². The predicted octanol–water partition coefficient (Wildman–Crippen LogP) is 4.04. The van der Waals surface area contributed by atoms with Crippen molar-refractivity contribution in [3.05, 3.63) is 40.8 Å². The lowest BCUT2D eigenvalue weighted by molar-refractivity contribution is 0.285. The van der Waals surface area contributed by atoms with Crippen molar-refractivity contribution in [1.82, 2.24) is 0 Å². The first-order valence-electron chi connectivity index (χ1n) is 6.03. The molecule has 0 saturated heterocycles. The molecule has 0 amide bonds. The molecule has 0 aliphatic carbocycles. The third-order valence-electron chi connectivity index (χ3n) is 2.97. The van der Waals surface area contributed by atoms with Gasteiger partial charge in [-0.1, -0.05) is 19.9 Å². The van der Waals surface area contributed by atoms with Crippen molar-refractivity contribution in [2.24, 2.45) is 0 Å². The number of hydrogen-bond acceptors (Lipinski definition) is 3. The Kier molecular flexibility index (Phi) is 4.04. The second-order valence-electron chi connectivity index (χ2n) is 4.54. The summed E-state index contributed by atoms with van der Waals surface area (Å²) in [5.41, 5.74) is 2.40. The molecule has 0 aliphatic rings. The van der Waals surface area contributed by atoms with Crippen LogP contribution in [-0.2, 0) is 6.61 Å². The molecule has 18 heavy (non-hydrogen) atoms. The molecule has 1 aromatic heterocycles. The van der Waals surface area contributed by atoms with Gasteiger partial charge in [-0.2, -0.15) is 0 Å². The molecule has 0 aliphatic heterocycles. The van der Waals surface area contributed by atoms with E-state index in [0.717, 1.165) is 21.1 Å². The number of aliphatic hydroxyl groups is 1. The van der Waals surface area contributed by atoms with Crippen molar-refractivity contribution in [2.75, 3.05) is 7.11 Å². The van der Waals surface area contributed by atoms with Crippen molar-refractivity contribution < 1.29 is 9.84 Å². The standard InChI is InChI=1S/C15H18O2S/c1-10(2)11-4-6-14(17-3)13(8-11)15-7-5-12(9-16)18-15/h4-8,10,16H,9H2,1-3H3. The third kappa shape index (κ3) is 2.57. The van der Waals surface area contributed by atoms with Crippen LogP contribution in [0, 0.1) is 0 Å². The highest BCUT2D eigenvalue weighted by Gasteiger charge is 2.11. The molecule has 1 heterocycles. The molecule has 2 nitrogen and oxygen atoms in total. The first kappa shape index (κ1) is 13.1. The van der Waals surface area contributed by atoms with E-state index in [1.165, 1.54) is 5.56 Å². The highest BCUT2D eigenvalue weighted by molar-refractivity contribution is 7.15. The zero-order valence-electron chi connectivity index (χ0n) is 10.9. The van der Waals surface area contributed by atoms with Crippen LogP contribution in [-0.4, -0.2) is 12.2 Å². The average Bonchev–Trinajstić information content (AvgIpc) is 2.86. The van der Waals surface area contributed by atoms with Crippen LogP contribution in [0.25, 0.3) is 10.4 Å². The minimum atomic E-state index is 0.0941. The second kappa shape index (κ2) is 5.55. The number of benzene rings is 1. The molecular formula is C15H18O2S. The van der Waals surface area contributed by atoms with Crippen molar-refractivity contribution in [3.8, 4) is 16.2 Å². The first-order valence-corrected chi connectivity index (χ1v) is 6.85. The SMILES string of the molecule is COc1ccc(C(C)C)cc1-c1ccc(CO)s1.